The molecule has 3 heterocycles. The molecule has 2 saturated heterocycles. The normalized spacial score (nSPS) is 22.5. The first-order valence-corrected chi connectivity index (χ1v) is 11.5. The summed E-state index contributed by atoms with van der Waals surface area (Å²) in [6.07, 6.45) is 3.99. The first-order chi connectivity index (χ1) is 15.8. The number of nitrogens with one attached hydrogen (secondary N) is 2. The molecular weight excluding hydrogens is 424 g/mol. The Hall–Kier alpha value is -3.20. The number of nitrogens with zero attached hydrogens (tertiary/aromatic N) is 2. The van der Waals surface area contributed by atoms with Crippen LogP contribution < -0.4 is 21.3 Å². The molecule has 2 N–H and O–H groups in total. The second kappa shape index (κ2) is 8.30. The van der Waals surface area contributed by atoms with Crippen molar-refractivity contribution in [2.75, 3.05) is 13.1 Å². The van der Waals surface area contributed by atoms with Gasteiger partial charge in [0.1, 0.15) is 11.9 Å². The number of fused-ring (bicyclic) bond motifs is 1. The fourth-order valence-electron chi connectivity index (χ4n) is 4.95. The van der Waals surface area contributed by atoms with E-state index < -0.39 is 11.2 Å². The molecule has 9 heteroatoms. The Morgan fingerprint density at radius 3 is 2.36 bits per heavy atom. The van der Waals surface area contributed by atoms with E-state index in [9.17, 15) is 19.2 Å². The van der Waals surface area contributed by atoms with Gasteiger partial charge < -0.3 is 10.1 Å². The van der Waals surface area contributed by atoms with Gasteiger partial charge in [-0.05, 0) is 51.8 Å². The molecule has 33 heavy (non-hydrogen) atoms. The van der Waals surface area contributed by atoms with Crippen LogP contribution in [0.15, 0.2) is 27.9 Å². The molecule has 2 aliphatic heterocycles. The van der Waals surface area contributed by atoms with Crippen molar-refractivity contribution in [1.82, 2.24) is 19.8 Å². The standard InChI is InChI=1S/C24H28N4O5/c1-13-7-14(2)20(33-17-3-5-25-6-4-17)15(8-13)10-27-11-16(21(29)26-24(27)32)12-28-22(30)18-9-19(18)23(28)31/h7-8,11,17-19,25H,3-6,9-10,12H2,1-2H3,(H,26,29,32). The highest BCUT2D eigenvalue weighted by Gasteiger charge is 2.58. The average Bonchev–Trinajstić information content (AvgIpc) is 3.54. The van der Waals surface area contributed by atoms with Crippen molar-refractivity contribution in [1.29, 1.82) is 0 Å². The molecule has 1 aromatic heterocycles. The van der Waals surface area contributed by atoms with Gasteiger partial charge >= 0.3 is 5.69 Å². The fourth-order valence-corrected chi connectivity index (χ4v) is 4.95. The minimum Gasteiger partial charge on any atom is -0.490 e. The summed E-state index contributed by atoms with van der Waals surface area (Å²) < 4.78 is 7.77. The van der Waals surface area contributed by atoms with Gasteiger partial charge in [-0.25, -0.2) is 4.79 Å². The topological polar surface area (TPSA) is 114 Å². The van der Waals surface area contributed by atoms with Crippen LogP contribution in [-0.2, 0) is 22.7 Å². The van der Waals surface area contributed by atoms with E-state index >= 15 is 0 Å². The Labute approximate surface area is 190 Å². The van der Waals surface area contributed by atoms with Gasteiger partial charge in [0.2, 0.25) is 11.8 Å². The van der Waals surface area contributed by atoms with Crippen molar-refractivity contribution >= 4 is 11.8 Å². The number of aromatic amines is 1. The molecule has 3 aliphatic rings. The van der Waals surface area contributed by atoms with E-state index in [-0.39, 0.29) is 48.4 Å². The molecule has 0 bridgehead atoms. The van der Waals surface area contributed by atoms with E-state index in [0.29, 0.717) is 6.42 Å². The van der Waals surface area contributed by atoms with Gasteiger partial charge in [0, 0.05) is 11.8 Å². The van der Waals surface area contributed by atoms with Crippen LogP contribution in [0.3, 0.4) is 0 Å². The number of benzene rings is 1. The van der Waals surface area contributed by atoms with Crippen molar-refractivity contribution in [2.45, 2.75) is 52.3 Å². The third kappa shape index (κ3) is 4.13. The van der Waals surface area contributed by atoms with E-state index in [4.69, 9.17) is 4.74 Å². The molecule has 1 saturated carbocycles. The molecule has 2 unspecified atom stereocenters. The third-order valence-corrected chi connectivity index (χ3v) is 6.78. The number of amides is 2. The SMILES string of the molecule is Cc1cc(C)c(OC2CCNCC2)c(Cn2cc(CN3C(=O)C4CC4C3=O)c(=O)[nH]c2=O)c1. The van der Waals surface area contributed by atoms with E-state index in [0.717, 1.165) is 53.3 Å². The van der Waals surface area contributed by atoms with Crippen LogP contribution in [0, 0.1) is 25.7 Å². The first-order valence-electron chi connectivity index (χ1n) is 11.5. The highest BCUT2D eigenvalue weighted by Crippen LogP contribution is 2.47. The molecular formula is C24H28N4O5. The largest absolute Gasteiger partial charge is 0.490 e. The van der Waals surface area contributed by atoms with Crippen LogP contribution in [0.1, 0.15) is 41.5 Å². The lowest BCUT2D eigenvalue weighted by molar-refractivity contribution is -0.142. The number of ether oxygens (including phenoxy) is 1. The van der Waals surface area contributed by atoms with Gasteiger partial charge in [0.05, 0.1) is 30.5 Å². The van der Waals surface area contributed by atoms with Crippen molar-refractivity contribution in [2.24, 2.45) is 11.8 Å². The summed E-state index contributed by atoms with van der Waals surface area (Å²) in [6.45, 7) is 5.88. The number of hydrogen-bond donors (Lipinski definition) is 2. The van der Waals surface area contributed by atoms with E-state index in [1.165, 1.54) is 10.8 Å². The van der Waals surface area contributed by atoms with Gasteiger partial charge in [0.25, 0.3) is 5.56 Å². The smallest absolute Gasteiger partial charge is 0.328 e. The number of carbonyl (C=O) groups is 2. The Balaban J connectivity index is 1.44. The second-order valence-electron chi connectivity index (χ2n) is 9.39. The van der Waals surface area contributed by atoms with Crippen molar-refractivity contribution in [3.8, 4) is 5.75 Å². The summed E-state index contributed by atoms with van der Waals surface area (Å²) in [5.74, 6) is -0.153. The highest BCUT2D eigenvalue weighted by molar-refractivity contribution is 6.08. The molecule has 174 valence electrons. The van der Waals surface area contributed by atoms with Crippen LogP contribution in [0.2, 0.25) is 0 Å². The highest BCUT2D eigenvalue weighted by atomic mass is 16.5. The minimum absolute atomic E-state index is 0.105. The Morgan fingerprint density at radius 2 is 1.67 bits per heavy atom. The van der Waals surface area contributed by atoms with Crippen LogP contribution in [0.4, 0.5) is 0 Å². The number of piperidine rings is 2. The van der Waals surface area contributed by atoms with Crippen molar-refractivity contribution in [3.05, 3.63) is 61.4 Å². The molecule has 2 atom stereocenters. The predicted molar refractivity (Wildman–Crippen MR) is 120 cm³/mol. The van der Waals surface area contributed by atoms with Crippen molar-refractivity contribution < 1.29 is 14.3 Å². The fraction of sp³-hybridized carbons (Fsp3) is 0.500. The molecule has 2 amide bonds. The number of likely N-dealkylation sites (tertiary alicyclic amines) is 1. The Kier molecular flexibility index (Phi) is 5.44. The zero-order valence-electron chi connectivity index (χ0n) is 18.8. The predicted octanol–water partition coefficient (Wildman–Crippen LogP) is 0.837. The van der Waals surface area contributed by atoms with Gasteiger partial charge in [-0.2, -0.15) is 0 Å². The van der Waals surface area contributed by atoms with Crippen LogP contribution >= 0.6 is 0 Å². The molecule has 0 radical (unpaired) electrons. The lowest BCUT2D eigenvalue weighted by Gasteiger charge is -2.26. The van der Waals surface area contributed by atoms with E-state index in [1.807, 2.05) is 19.9 Å². The molecule has 1 aromatic carbocycles. The summed E-state index contributed by atoms with van der Waals surface area (Å²) in [4.78, 5) is 53.2. The quantitative estimate of drug-likeness (QED) is 0.628. The maximum Gasteiger partial charge on any atom is 0.328 e. The molecule has 9 nitrogen and oxygen atoms in total. The molecule has 5 rings (SSSR count). The number of carbonyl (C=O) groups excluding carboxylic acids is 2. The van der Waals surface area contributed by atoms with E-state index in [2.05, 4.69) is 16.4 Å². The second-order valence-corrected chi connectivity index (χ2v) is 9.39. The van der Waals surface area contributed by atoms with Gasteiger partial charge in [-0.3, -0.25) is 28.8 Å². The first kappa shape index (κ1) is 21.6. The van der Waals surface area contributed by atoms with Crippen LogP contribution in [0.5, 0.6) is 5.75 Å². The van der Waals surface area contributed by atoms with Gasteiger partial charge in [-0.1, -0.05) is 17.7 Å². The minimum atomic E-state index is -0.580. The molecule has 2 aromatic rings. The average molecular weight is 453 g/mol. The lowest BCUT2D eigenvalue weighted by atomic mass is 10.0. The summed E-state index contributed by atoms with van der Waals surface area (Å²) in [7, 11) is 0. The lowest BCUT2D eigenvalue weighted by Crippen LogP contribution is -2.38. The Morgan fingerprint density at radius 1 is 0.970 bits per heavy atom. The Bertz CT molecular complexity index is 1220. The van der Waals surface area contributed by atoms with Gasteiger partial charge in [-0.15, -0.1) is 0 Å². The number of H-pyrrole nitrogens is 1. The number of hydrogen-bond acceptors (Lipinski definition) is 6. The summed E-state index contributed by atoms with van der Waals surface area (Å²) in [6, 6.07) is 4.04. The zero-order valence-corrected chi connectivity index (χ0v) is 18.8. The molecule has 3 fully saturated rings. The summed E-state index contributed by atoms with van der Waals surface area (Å²) in [5.41, 5.74) is 1.98. The van der Waals surface area contributed by atoms with Crippen LogP contribution in [-0.4, -0.2) is 45.5 Å². The van der Waals surface area contributed by atoms with Crippen LogP contribution in [0.25, 0.3) is 0 Å². The summed E-state index contributed by atoms with van der Waals surface area (Å²) >= 11 is 0. The van der Waals surface area contributed by atoms with E-state index in [1.54, 1.807) is 0 Å². The zero-order chi connectivity index (χ0) is 23.3. The van der Waals surface area contributed by atoms with Crippen molar-refractivity contribution in [3.63, 3.8) is 0 Å². The maximum absolute atomic E-state index is 12.6. The van der Waals surface area contributed by atoms with Gasteiger partial charge in [0.15, 0.2) is 0 Å². The summed E-state index contributed by atoms with van der Waals surface area (Å²) in [5, 5.41) is 3.33. The number of aromatic nitrogens is 2. The monoisotopic (exact) mass is 452 g/mol. The molecule has 1 aliphatic carbocycles. The number of aryl methyl sites for hydroxylation is 2. The number of rotatable bonds is 6. The maximum atomic E-state index is 12.6. The number of imide groups is 1. The molecule has 0 spiro atoms. The third-order valence-electron chi connectivity index (χ3n) is 6.78.